The second-order valence-electron chi connectivity index (χ2n) is 4.64. The SMILES string of the molecule is CCCC1CCCCN1c1nc(NN)ncc1Cl. The molecule has 5 nitrogen and oxygen atoms in total. The first-order valence-electron chi connectivity index (χ1n) is 6.52. The van der Waals surface area contributed by atoms with Crippen LogP contribution in [0.3, 0.4) is 0 Å². The minimum Gasteiger partial charge on any atom is -0.352 e. The molecule has 1 aliphatic rings. The van der Waals surface area contributed by atoms with Gasteiger partial charge in [-0.25, -0.2) is 10.8 Å². The molecule has 0 radical (unpaired) electrons. The number of piperidine rings is 1. The van der Waals surface area contributed by atoms with E-state index in [4.69, 9.17) is 17.4 Å². The van der Waals surface area contributed by atoms with Gasteiger partial charge in [0, 0.05) is 12.6 Å². The van der Waals surface area contributed by atoms with Gasteiger partial charge in [-0.2, -0.15) is 4.98 Å². The van der Waals surface area contributed by atoms with Crippen molar-refractivity contribution in [1.82, 2.24) is 9.97 Å². The van der Waals surface area contributed by atoms with Crippen molar-refractivity contribution in [3.8, 4) is 0 Å². The van der Waals surface area contributed by atoms with E-state index in [2.05, 4.69) is 27.2 Å². The summed E-state index contributed by atoms with van der Waals surface area (Å²) in [6, 6.07) is 0.529. The predicted octanol–water partition coefficient (Wildman–Crippen LogP) is 2.57. The minimum atomic E-state index is 0.412. The largest absolute Gasteiger partial charge is 0.352 e. The van der Waals surface area contributed by atoms with Crippen molar-refractivity contribution in [3.05, 3.63) is 11.2 Å². The number of nitrogens with zero attached hydrogens (tertiary/aromatic N) is 3. The van der Waals surface area contributed by atoms with Gasteiger partial charge in [-0.3, -0.25) is 5.43 Å². The third kappa shape index (κ3) is 2.84. The second-order valence-corrected chi connectivity index (χ2v) is 5.05. The maximum Gasteiger partial charge on any atom is 0.239 e. The van der Waals surface area contributed by atoms with Crippen molar-refractivity contribution in [3.63, 3.8) is 0 Å². The van der Waals surface area contributed by atoms with Crippen LogP contribution in [-0.4, -0.2) is 22.6 Å². The number of hydrogen-bond donors (Lipinski definition) is 2. The molecule has 0 saturated carbocycles. The molecular formula is C12H20ClN5. The minimum absolute atomic E-state index is 0.412. The lowest BCUT2D eigenvalue weighted by Gasteiger charge is -2.37. The van der Waals surface area contributed by atoms with E-state index >= 15 is 0 Å². The van der Waals surface area contributed by atoms with E-state index in [0.29, 0.717) is 17.0 Å². The molecule has 1 aromatic heterocycles. The highest BCUT2D eigenvalue weighted by atomic mass is 35.5. The molecule has 2 rings (SSSR count). The summed E-state index contributed by atoms with van der Waals surface area (Å²) < 4.78 is 0. The fourth-order valence-corrected chi connectivity index (χ4v) is 2.74. The zero-order valence-corrected chi connectivity index (χ0v) is 11.5. The van der Waals surface area contributed by atoms with Crippen LogP contribution in [0, 0.1) is 0 Å². The lowest BCUT2D eigenvalue weighted by molar-refractivity contribution is 0.432. The molecule has 1 fully saturated rings. The van der Waals surface area contributed by atoms with Crippen LogP contribution in [0.5, 0.6) is 0 Å². The molecule has 6 heteroatoms. The molecule has 1 unspecified atom stereocenters. The number of anilines is 2. The lowest BCUT2D eigenvalue weighted by Crippen LogP contribution is -2.40. The molecule has 2 heterocycles. The Balaban J connectivity index is 2.26. The van der Waals surface area contributed by atoms with Crippen molar-refractivity contribution < 1.29 is 0 Å². The van der Waals surface area contributed by atoms with Gasteiger partial charge in [-0.1, -0.05) is 24.9 Å². The molecule has 18 heavy (non-hydrogen) atoms. The van der Waals surface area contributed by atoms with Crippen LogP contribution in [0.4, 0.5) is 11.8 Å². The maximum absolute atomic E-state index is 6.22. The summed E-state index contributed by atoms with van der Waals surface area (Å²) >= 11 is 6.22. The highest BCUT2D eigenvalue weighted by Crippen LogP contribution is 2.31. The second kappa shape index (κ2) is 6.20. The number of aromatic nitrogens is 2. The number of hydrazine groups is 1. The van der Waals surface area contributed by atoms with Crippen molar-refractivity contribution in [2.24, 2.45) is 5.84 Å². The number of rotatable bonds is 4. The molecule has 3 N–H and O–H groups in total. The highest BCUT2D eigenvalue weighted by Gasteiger charge is 2.25. The van der Waals surface area contributed by atoms with E-state index in [1.807, 2.05) is 0 Å². The summed E-state index contributed by atoms with van der Waals surface area (Å²) in [5, 5.41) is 0.594. The Labute approximate surface area is 113 Å². The van der Waals surface area contributed by atoms with E-state index in [-0.39, 0.29) is 0 Å². The predicted molar refractivity (Wildman–Crippen MR) is 74.7 cm³/mol. The molecule has 1 aromatic rings. The van der Waals surface area contributed by atoms with Crippen LogP contribution < -0.4 is 16.2 Å². The Kier molecular flexibility index (Phi) is 4.60. The quantitative estimate of drug-likeness (QED) is 0.650. The monoisotopic (exact) mass is 269 g/mol. The lowest BCUT2D eigenvalue weighted by atomic mass is 9.98. The summed E-state index contributed by atoms with van der Waals surface area (Å²) in [5.41, 5.74) is 2.47. The highest BCUT2D eigenvalue weighted by molar-refractivity contribution is 6.32. The third-order valence-corrected chi connectivity index (χ3v) is 3.64. The van der Waals surface area contributed by atoms with Gasteiger partial charge < -0.3 is 4.90 Å². The number of halogens is 1. The van der Waals surface area contributed by atoms with Crippen LogP contribution >= 0.6 is 11.6 Å². The Morgan fingerprint density at radius 2 is 2.39 bits per heavy atom. The van der Waals surface area contributed by atoms with E-state index in [1.54, 1.807) is 6.20 Å². The first-order chi connectivity index (χ1) is 8.76. The van der Waals surface area contributed by atoms with E-state index in [0.717, 1.165) is 12.4 Å². The van der Waals surface area contributed by atoms with Gasteiger partial charge in [-0.05, 0) is 25.7 Å². The van der Waals surface area contributed by atoms with Gasteiger partial charge in [0.2, 0.25) is 5.95 Å². The van der Waals surface area contributed by atoms with Crippen LogP contribution in [0.2, 0.25) is 5.02 Å². The molecule has 0 amide bonds. The zero-order chi connectivity index (χ0) is 13.0. The maximum atomic E-state index is 6.22. The van der Waals surface area contributed by atoms with Gasteiger partial charge in [0.15, 0.2) is 5.82 Å². The van der Waals surface area contributed by atoms with E-state index in [1.165, 1.54) is 32.1 Å². The van der Waals surface area contributed by atoms with Crippen molar-refractivity contribution in [2.75, 3.05) is 16.9 Å². The smallest absolute Gasteiger partial charge is 0.239 e. The summed E-state index contributed by atoms with van der Waals surface area (Å²) in [7, 11) is 0. The van der Waals surface area contributed by atoms with Crippen LogP contribution in [0.1, 0.15) is 39.0 Å². The molecule has 0 aromatic carbocycles. The molecule has 1 aliphatic heterocycles. The normalized spacial score (nSPS) is 19.9. The molecule has 0 bridgehead atoms. The van der Waals surface area contributed by atoms with Crippen molar-refractivity contribution >= 4 is 23.4 Å². The van der Waals surface area contributed by atoms with Gasteiger partial charge in [0.1, 0.15) is 5.02 Å². The average molecular weight is 270 g/mol. The molecule has 1 saturated heterocycles. The first kappa shape index (κ1) is 13.4. The van der Waals surface area contributed by atoms with Gasteiger partial charge in [0.05, 0.1) is 6.20 Å². The number of nitrogens with two attached hydrogens (primary N) is 1. The van der Waals surface area contributed by atoms with E-state index in [9.17, 15) is 0 Å². The molecule has 100 valence electrons. The van der Waals surface area contributed by atoms with E-state index < -0.39 is 0 Å². The van der Waals surface area contributed by atoms with Gasteiger partial charge >= 0.3 is 0 Å². The van der Waals surface area contributed by atoms with Crippen LogP contribution in [0.15, 0.2) is 6.20 Å². The fourth-order valence-electron chi connectivity index (χ4n) is 2.54. The Bertz CT molecular complexity index is 396. The fraction of sp³-hybridized carbons (Fsp3) is 0.667. The first-order valence-corrected chi connectivity index (χ1v) is 6.89. The molecular weight excluding hydrogens is 250 g/mol. The van der Waals surface area contributed by atoms with Crippen molar-refractivity contribution in [2.45, 2.75) is 45.1 Å². The summed E-state index contributed by atoms with van der Waals surface area (Å²) in [5.74, 6) is 6.57. The average Bonchev–Trinajstić information content (AvgIpc) is 2.41. The summed E-state index contributed by atoms with van der Waals surface area (Å²) in [4.78, 5) is 10.7. The summed E-state index contributed by atoms with van der Waals surface area (Å²) in [6.07, 6.45) is 7.63. The number of nitrogens with one attached hydrogen (secondary N) is 1. The zero-order valence-electron chi connectivity index (χ0n) is 10.7. The van der Waals surface area contributed by atoms with Crippen molar-refractivity contribution in [1.29, 1.82) is 0 Å². The summed E-state index contributed by atoms with van der Waals surface area (Å²) in [6.45, 7) is 3.21. The van der Waals surface area contributed by atoms with Gasteiger partial charge in [0.25, 0.3) is 0 Å². The van der Waals surface area contributed by atoms with Gasteiger partial charge in [-0.15, -0.1) is 0 Å². The topological polar surface area (TPSA) is 67.1 Å². The Morgan fingerprint density at radius 3 is 3.11 bits per heavy atom. The molecule has 0 spiro atoms. The standard InChI is InChI=1S/C12H20ClN5/c1-2-5-9-6-3-4-7-18(9)11-10(13)8-15-12(16-11)17-14/h8-9H,2-7,14H2,1H3,(H,15,16,17). The number of hydrogen-bond acceptors (Lipinski definition) is 5. The van der Waals surface area contributed by atoms with Crippen LogP contribution in [0.25, 0.3) is 0 Å². The molecule has 1 atom stereocenters. The third-order valence-electron chi connectivity index (χ3n) is 3.38. The van der Waals surface area contributed by atoms with Crippen LogP contribution in [-0.2, 0) is 0 Å². The molecule has 0 aliphatic carbocycles. The Hall–Kier alpha value is -1.07. The Morgan fingerprint density at radius 1 is 1.56 bits per heavy atom. The number of nitrogen functional groups attached to an aromatic ring is 1.